The predicted molar refractivity (Wildman–Crippen MR) is 118 cm³/mol. The number of methoxy groups -OCH3 is 1. The lowest BCUT2D eigenvalue weighted by Gasteiger charge is -2.37. The second-order valence-corrected chi connectivity index (χ2v) is 8.97. The van der Waals surface area contributed by atoms with Crippen molar-refractivity contribution in [3.05, 3.63) is 35.7 Å². The minimum absolute atomic E-state index is 0.0765. The van der Waals surface area contributed by atoms with Gasteiger partial charge in [0.05, 0.1) is 45.8 Å². The highest BCUT2D eigenvalue weighted by molar-refractivity contribution is 7.09. The third kappa shape index (κ3) is 4.92. The molecule has 2 fully saturated rings. The van der Waals surface area contributed by atoms with E-state index in [4.69, 9.17) is 9.72 Å². The van der Waals surface area contributed by atoms with Gasteiger partial charge in [0, 0.05) is 31.0 Å². The number of likely N-dealkylation sites (N-methyl/N-ethyl adjacent to an activating group) is 1. The van der Waals surface area contributed by atoms with Crippen LogP contribution in [-0.4, -0.2) is 73.1 Å². The molecule has 2 aromatic rings. The molecule has 0 unspecified atom stereocenters. The topological polar surface area (TPSA) is 63.0 Å². The maximum atomic E-state index is 13.1. The molecular weight excluding hydrogens is 398 g/mol. The monoisotopic (exact) mass is 430 g/mol. The zero-order chi connectivity index (χ0) is 20.9. The van der Waals surface area contributed by atoms with Gasteiger partial charge in [0.1, 0.15) is 11.6 Å². The van der Waals surface area contributed by atoms with Gasteiger partial charge in [0.15, 0.2) is 0 Å². The van der Waals surface area contributed by atoms with Crippen molar-refractivity contribution in [1.82, 2.24) is 14.3 Å². The number of piperidine rings is 1. The molecule has 0 radical (unpaired) electrons. The highest BCUT2D eigenvalue weighted by atomic mass is 32.1. The molecule has 0 saturated carbocycles. The van der Waals surface area contributed by atoms with E-state index in [2.05, 4.69) is 27.2 Å². The van der Waals surface area contributed by atoms with Crippen LogP contribution in [0, 0.1) is 5.92 Å². The van der Waals surface area contributed by atoms with Crippen molar-refractivity contribution in [2.45, 2.75) is 26.2 Å². The summed E-state index contributed by atoms with van der Waals surface area (Å²) in [5.74, 6) is 2.08. The molecule has 2 aliphatic rings. The number of rotatable bonds is 6. The summed E-state index contributed by atoms with van der Waals surface area (Å²) in [5.41, 5.74) is 1.14. The van der Waals surface area contributed by atoms with Gasteiger partial charge in [0.25, 0.3) is 0 Å². The molecule has 3 heterocycles. The van der Waals surface area contributed by atoms with Crippen molar-refractivity contribution in [1.29, 1.82) is 0 Å². The van der Waals surface area contributed by atoms with Crippen LogP contribution in [0.5, 0.6) is 5.75 Å². The molecule has 7 nitrogen and oxygen atoms in total. The Labute approximate surface area is 182 Å². The largest absolute Gasteiger partial charge is 0.497 e. The summed E-state index contributed by atoms with van der Waals surface area (Å²) >= 11 is 1.44. The summed E-state index contributed by atoms with van der Waals surface area (Å²) in [5, 5.41) is 0.936. The molecule has 1 aromatic carbocycles. The van der Waals surface area contributed by atoms with Crippen molar-refractivity contribution in [2.24, 2.45) is 5.92 Å². The fraction of sp³-hybridized carbons (Fsp3) is 0.591. The zero-order valence-electron chi connectivity index (χ0n) is 18.0. The number of piperazine rings is 1. The van der Waals surface area contributed by atoms with E-state index in [-0.39, 0.29) is 5.92 Å². The molecule has 2 saturated heterocycles. The number of hydrogen-bond acceptors (Lipinski definition) is 6. The second-order valence-electron chi connectivity index (χ2n) is 8.24. The quantitative estimate of drug-likeness (QED) is 0.744. The summed E-state index contributed by atoms with van der Waals surface area (Å²) in [6.07, 6.45) is 2.70. The van der Waals surface area contributed by atoms with Crippen LogP contribution in [-0.2, 0) is 11.2 Å². The van der Waals surface area contributed by atoms with Crippen LogP contribution in [0.15, 0.2) is 24.3 Å². The molecule has 4 rings (SSSR count). The molecule has 162 valence electrons. The maximum Gasteiger partial charge on any atom is 0.227 e. The van der Waals surface area contributed by atoms with Gasteiger partial charge in [-0.25, -0.2) is 4.98 Å². The van der Waals surface area contributed by atoms with Gasteiger partial charge in [-0.05, 0) is 37.5 Å². The van der Waals surface area contributed by atoms with E-state index in [1.54, 1.807) is 12.0 Å². The molecule has 0 spiro atoms. The lowest BCUT2D eigenvalue weighted by atomic mass is 9.96. The Morgan fingerprint density at radius 1 is 1.30 bits per heavy atom. The maximum absolute atomic E-state index is 13.1. The standard InChI is InChI=1S/C22H31N5O2S/c1-3-25-10-12-26(13-11-25)21(28)18-7-5-9-27(16-18)22-23-20(24-30-22)15-17-6-4-8-19(14-17)29-2/h4,6,8,14,18H,3,5,7,9-13,15-16H2,1-2H3/p+1/t18-/m1/s1. The van der Waals surface area contributed by atoms with E-state index < -0.39 is 0 Å². The Morgan fingerprint density at radius 2 is 2.13 bits per heavy atom. The number of aromatic nitrogens is 2. The summed E-state index contributed by atoms with van der Waals surface area (Å²) in [4.78, 5) is 23.8. The molecule has 8 heteroatoms. The van der Waals surface area contributed by atoms with E-state index in [1.807, 2.05) is 18.2 Å². The first-order chi connectivity index (χ1) is 14.7. The third-order valence-corrected chi connectivity index (χ3v) is 7.09. The number of carbonyl (C=O) groups excluding carboxylic acids is 1. The summed E-state index contributed by atoms with van der Waals surface area (Å²) in [7, 11) is 1.68. The molecule has 30 heavy (non-hydrogen) atoms. The molecular formula is C22H32N5O2S+. The average Bonchev–Trinajstić information content (AvgIpc) is 3.27. The number of ether oxygens (including phenoxy) is 1. The zero-order valence-corrected chi connectivity index (χ0v) is 18.8. The number of nitrogens with one attached hydrogen (secondary N) is 1. The molecule has 2 aliphatic heterocycles. The Bertz CT molecular complexity index is 850. The molecule has 0 aliphatic carbocycles. The number of carbonyl (C=O) groups is 1. The van der Waals surface area contributed by atoms with Crippen LogP contribution in [0.1, 0.15) is 31.2 Å². The number of amides is 1. The number of anilines is 1. The van der Waals surface area contributed by atoms with Crippen molar-refractivity contribution >= 4 is 22.6 Å². The number of nitrogens with zero attached hydrogens (tertiary/aromatic N) is 4. The Balaban J connectivity index is 1.36. The van der Waals surface area contributed by atoms with Gasteiger partial charge in [0.2, 0.25) is 11.0 Å². The first-order valence-corrected chi connectivity index (χ1v) is 11.8. The smallest absolute Gasteiger partial charge is 0.227 e. The van der Waals surface area contributed by atoms with Gasteiger partial charge in [-0.1, -0.05) is 12.1 Å². The molecule has 1 aromatic heterocycles. The van der Waals surface area contributed by atoms with Gasteiger partial charge in [-0.3, -0.25) is 4.79 Å². The van der Waals surface area contributed by atoms with Crippen LogP contribution < -0.4 is 14.5 Å². The van der Waals surface area contributed by atoms with Crippen molar-refractivity contribution < 1.29 is 14.4 Å². The lowest BCUT2D eigenvalue weighted by molar-refractivity contribution is -0.902. The highest BCUT2D eigenvalue weighted by Crippen LogP contribution is 2.27. The van der Waals surface area contributed by atoms with Crippen LogP contribution in [0.2, 0.25) is 0 Å². The molecule has 1 amide bonds. The number of hydrogen-bond donors (Lipinski definition) is 1. The van der Waals surface area contributed by atoms with Crippen LogP contribution in [0.25, 0.3) is 0 Å². The first-order valence-electron chi connectivity index (χ1n) is 11.0. The first kappa shape index (κ1) is 21.1. The van der Waals surface area contributed by atoms with Crippen molar-refractivity contribution in [3.63, 3.8) is 0 Å². The Hall–Kier alpha value is -2.19. The average molecular weight is 431 g/mol. The van der Waals surface area contributed by atoms with Crippen molar-refractivity contribution in [2.75, 3.05) is 57.8 Å². The highest BCUT2D eigenvalue weighted by Gasteiger charge is 2.32. The van der Waals surface area contributed by atoms with Crippen LogP contribution in [0.3, 0.4) is 0 Å². The fourth-order valence-corrected chi connectivity index (χ4v) is 5.14. The SMILES string of the molecule is CC[NH+]1CCN(C(=O)[C@@H]2CCCN(c3nc(Cc4cccc(OC)c4)ns3)C2)CC1. The Morgan fingerprint density at radius 3 is 2.90 bits per heavy atom. The number of benzene rings is 1. The van der Waals surface area contributed by atoms with Gasteiger partial charge < -0.3 is 19.4 Å². The van der Waals surface area contributed by atoms with E-state index in [1.165, 1.54) is 11.5 Å². The van der Waals surface area contributed by atoms with Crippen LogP contribution in [0.4, 0.5) is 5.13 Å². The van der Waals surface area contributed by atoms with Crippen molar-refractivity contribution in [3.8, 4) is 5.75 Å². The van der Waals surface area contributed by atoms with Gasteiger partial charge in [-0.2, -0.15) is 4.37 Å². The fourth-order valence-electron chi connectivity index (χ4n) is 4.42. The van der Waals surface area contributed by atoms with Gasteiger partial charge in [-0.15, -0.1) is 0 Å². The lowest BCUT2D eigenvalue weighted by Crippen LogP contribution is -3.14. The molecule has 0 bridgehead atoms. The normalized spacial score (nSPS) is 20.4. The number of quaternary nitrogens is 1. The summed E-state index contributed by atoms with van der Waals surface area (Å²) in [6.45, 7) is 9.00. The molecule has 1 atom stereocenters. The van der Waals surface area contributed by atoms with Gasteiger partial charge >= 0.3 is 0 Å². The van der Waals surface area contributed by atoms with E-state index in [0.29, 0.717) is 12.3 Å². The van der Waals surface area contributed by atoms with E-state index in [0.717, 1.165) is 80.9 Å². The molecule has 1 N–H and O–H groups in total. The van der Waals surface area contributed by atoms with Crippen LogP contribution >= 0.6 is 11.5 Å². The van der Waals surface area contributed by atoms with E-state index >= 15 is 0 Å². The Kier molecular flexibility index (Phi) is 6.84. The third-order valence-electron chi connectivity index (χ3n) is 6.28. The second kappa shape index (κ2) is 9.75. The minimum Gasteiger partial charge on any atom is -0.497 e. The predicted octanol–water partition coefficient (Wildman–Crippen LogP) is 1.10. The summed E-state index contributed by atoms with van der Waals surface area (Å²) in [6, 6.07) is 8.02. The minimum atomic E-state index is 0.0765. The van der Waals surface area contributed by atoms with E-state index in [9.17, 15) is 4.79 Å². The summed E-state index contributed by atoms with van der Waals surface area (Å²) < 4.78 is 9.88.